The van der Waals surface area contributed by atoms with Crippen LogP contribution in [0, 0.1) is 13.8 Å². The number of amides is 1. The summed E-state index contributed by atoms with van der Waals surface area (Å²) in [5.41, 5.74) is 3.00. The van der Waals surface area contributed by atoms with Gasteiger partial charge in [0, 0.05) is 10.6 Å². The average molecular weight is 460 g/mol. The summed E-state index contributed by atoms with van der Waals surface area (Å²) in [5.74, 6) is 0.471. The van der Waals surface area contributed by atoms with Gasteiger partial charge in [-0.15, -0.1) is 0 Å². The normalized spacial score (nSPS) is 10.7. The molecule has 0 bridgehead atoms. The molecular formula is C26H22ClN3O3. The van der Waals surface area contributed by atoms with Crippen LogP contribution in [0.2, 0.25) is 5.02 Å². The molecule has 166 valence electrons. The van der Waals surface area contributed by atoms with Gasteiger partial charge in [-0.05, 0) is 61.9 Å². The van der Waals surface area contributed by atoms with Gasteiger partial charge < -0.3 is 10.1 Å². The van der Waals surface area contributed by atoms with Gasteiger partial charge in [0.15, 0.2) is 0 Å². The molecule has 0 atom stereocenters. The van der Waals surface area contributed by atoms with Crippen LogP contribution in [0.3, 0.4) is 0 Å². The fourth-order valence-electron chi connectivity index (χ4n) is 3.48. The Morgan fingerprint density at radius 3 is 2.42 bits per heavy atom. The zero-order valence-corrected chi connectivity index (χ0v) is 19.2. The van der Waals surface area contributed by atoms with Gasteiger partial charge in [-0.3, -0.25) is 9.59 Å². The number of ether oxygens (including phenoxy) is 1. The molecule has 0 aliphatic carbocycles. The summed E-state index contributed by atoms with van der Waals surface area (Å²) >= 11 is 6.22. The van der Waals surface area contributed by atoms with Crippen molar-refractivity contribution in [2.45, 2.75) is 13.8 Å². The summed E-state index contributed by atoms with van der Waals surface area (Å²) in [6.45, 7) is 3.59. The van der Waals surface area contributed by atoms with E-state index in [4.69, 9.17) is 16.3 Å². The van der Waals surface area contributed by atoms with Crippen LogP contribution in [-0.2, 0) is 0 Å². The molecule has 0 spiro atoms. The maximum Gasteiger partial charge on any atom is 0.256 e. The summed E-state index contributed by atoms with van der Waals surface area (Å²) in [7, 11) is 1.56. The highest BCUT2D eigenvalue weighted by atomic mass is 35.5. The van der Waals surface area contributed by atoms with Crippen LogP contribution in [0.15, 0.2) is 77.6 Å². The Morgan fingerprint density at radius 1 is 1.00 bits per heavy atom. The van der Waals surface area contributed by atoms with Crippen molar-refractivity contribution in [2.75, 3.05) is 12.4 Å². The van der Waals surface area contributed by atoms with E-state index in [1.807, 2.05) is 19.1 Å². The van der Waals surface area contributed by atoms with Crippen molar-refractivity contribution in [3.05, 3.63) is 105 Å². The van der Waals surface area contributed by atoms with Crippen molar-refractivity contribution in [2.24, 2.45) is 0 Å². The second-order valence-electron chi connectivity index (χ2n) is 7.58. The first-order valence-corrected chi connectivity index (χ1v) is 10.7. The minimum Gasteiger partial charge on any atom is -0.497 e. The van der Waals surface area contributed by atoms with Crippen LogP contribution >= 0.6 is 11.6 Å². The van der Waals surface area contributed by atoms with Crippen LogP contribution in [0.5, 0.6) is 5.75 Å². The summed E-state index contributed by atoms with van der Waals surface area (Å²) in [6, 6.07) is 21.4. The number of aromatic nitrogens is 2. The second-order valence-corrected chi connectivity index (χ2v) is 8.02. The van der Waals surface area contributed by atoms with Gasteiger partial charge in [0.25, 0.3) is 5.91 Å². The predicted molar refractivity (Wildman–Crippen MR) is 131 cm³/mol. The van der Waals surface area contributed by atoms with E-state index in [2.05, 4.69) is 10.4 Å². The van der Waals surface area contributed by atoms with Crippen molar-refractivity contribution < 1.29 is 9.53 Å². The van der Waals surface area contributed by atoms with Gasteiger partial charge >= 0.3 is 0 Å². The number of carbonyl (C=O) groups is 1. The Labute approximate surface area is 196 Å². The van der Waals surface area contributed by atoms with Crippen LogP contribution in [0.1, 0.15) is 21.6 Å². The van der Waals surface area contributed by atoms with Gasteiger partial charge in [0.1, 0.15) is 17.3 Å². The molecular weight excluding hydrogens is 438 g/mol. The molecule has 0 aliphatic rings. The summed E-state index contributed by atoms with van der Waals surface area (Å²) in [5, 5.41) is 7.89. The lowest BCUT2D eigenvalue weighted by Gasteiger charge is -2.19. The minimum atomic E-state index is -0.361. The Hall–Kier alpha value is -3.90. The van der Waals surface area contributed by atoms with E-state index in [0.29, 0.717) is 33.1 Å². The van der Waals surface area contributed by atoms with Crippen LogP contribution in [0.4, 0.5) is 5.82 Å². The molecule has 0 unspecified atom stereocenters. The SMILES string of the molecule is COc1cccc(-c2c(NC(=O)c3ccc(C)cc3)n(-c3cccc(Cl)c3)nc(C)c2=O)c1. The standard InChI is InChI=1S/C26H22ClN3O3/c1-16-10-12-18(13-11-16)26(32)28-25-23(19-6-4-9-22(14-19)33-3)24(31)17(2)29-30(25)21-8-5-7-20(27)15-21/h4-15H,1-3H3,(H,28,32). The van der Waals surface area contributed by atoms with E-state index >= 15 is 0 Å². The maximum absolute atomic E-state index is 13.3. The Bertz CT molecular complexity index is 1400. The molecule has 1 N–H and O–H groups in total. The van der Waals surface area contributed by atoms with Crippen LogP contribution in [-0.4, -0.2) is 22.8 Å². The van der Waals surface area contributed by atoms with E-state index in [0.717, 1.165) is 5.56 Å². The molecule has 6 nitrogen and oxygen atoms in total. The molecule has 1 heterocycles. The zero-order chi connectivity index (χ0) is 23.5. The van der Waals surface area contributed by atoms with Crippen molar-refractivity contribution in [1.29, 1.82) is 0 Å². The lowest BCUT2D eigenvalue weighted by atomic mass is 10.0. The molecule has 0 radical (unpaired) electrons. The molecule has 1 aromatic heterocycles. The maximum atomic E-state index is 13.3. The molecule has 0 fully saturated rings. The van der Waals surface area contributed by atoms with Crippen molar-refractivity contribution in [3.8, 4) is 22.6 Å². The van der Waals surface area contributed by atoms with Crippen LogP contribution in [0.25, 0.3) is 16.8 Å². The zero-order valence-electron chi connectivity index (χ0n) is 18.4. The number of carbonyl (C=O) groups excluding carboxylic acids is 1. The van der Waals surface area contributed by atoms with Gasteiger partial charge in [-0.25, -0.2) is 4.68 Å². The fourth-order valence-corrected chi connectivity index (χ4v) is 3.67. The lowest BCUT2D eigenvalue weighted by Crippen LogP contribution is -2.25. The molecule has 0 aliphatic heterocycles. The lowest BCUT2D eigenvalue weighted by molar-refractivity contribution is 0.102. The van der Waals surface area contributed by atoms with Crippen molar-refractivity contribution in [3.63, 3.8) is 0 Å². The number of rotatable bonds is 5. The first-order chi connectivity index (χ1) is 15.9. The third-order valence-corrected chi connectivity index (χ3v) is 5.45. The van der Waals surface area contributed by atoms with Crippen molar-refractivity contribution >= 4 is 23.3 Å². The number of anilines is 1. The highest BCUT2D eigenvalue weighted by molar-refractivity contribution is 6.30. The summed E-state index contributed by atoms with van der Waals surface area (Å²) < 4.78 is 6.88. The van der Waals surface area contributed by atoms with Gasteiger partial charge in [-0.2, -0.15) is 5.10 Å². The number of benzene rings is 3. The molecule has 3 aromatic carbocycles. The third kappa shape index (κ3) is 4.66. The molecule has 33 heavy (non-hydrogen) atoms. The smallest absolute Gasteiger partial charge is 0.256 e. The number of nitrogens with one attached hydrogen (secondary N) is 1. The largest absolute Gasteiger partial charge is 0.497 e. The predicted octanol–water partition coefficient (Wildman–Crippen LogP) is 5.43. The summed E-state index contributed by atoms with van der Waals surface area (Å²) in [6.07, 6.45) is 0. The first kappa shape index (κ1) is 22.3. The highest BCUT2D eigenvalue weighted by Gasteiger charge is 2.21. The van der Waals surface area contributed by atoms with E-state index in [-0.39, 0.29) is 22.8 Å². The number of halogens is 1. The quantitative estimate of drug-likeness (QED) is 0.432. The van der Waals surface area contributed by atoms with E-state index in [1.54, 1.807) is 74.7 Å². The average Bonchev–Trinajstić information content (AvgIpc) is 2.82. The number of hydrogen-bond donors (Lipinski definition) is 1. The van der Waals surface area contributed by atoms with Gasteiger partial charge in [-0.1, -0.05) is 47.5 Å². The van der Waals surface area contributed by atoms with E-state index < -0.39 is 0 Å². The van der Waals surface area contributed by atoms with Gasteiger partial charge in [0.2, 0.25) is 5.43 Å². The summed E-state index contributed by atoms with van der Waals surface area (Å²) in [4.78, 5) is 26.5. The monoisotopic (exact) mass is 459 g/mol. The third-order valence-electron chi connectivity index (χ3n) is 5.21. The molecule has 7 heteroatoms. The molecule has 0 saturated heterocycles. The number of hydrogen-bond acceptors (Lipinski definition) is 4. The molecule has 4 aromatic rings. The van der Waals surface area contributed by atoms with E-state index in [1.165, 1.54) is 4.68 Å². The van der Waals surface area contributed by atoms with Crippen molar-refractivity contribution in [1.82, 2.24) is 9.78 Å². The number of nitrogens with zero attached hydrogens (tertiary/aromatic N) is 2. The Balaban J connectivity index is 1.97. The Kier molecular flexibility index (Phi) is 6.29. The molecule has 1 amide bonds. The number of aryl methyl sites for hydroxylation is 2. The van der Waals surface area contributed by atoms with E-state index in [9.17, 15) is 9.59 Å². The molecule has 4 rings (SSSR count). The topological polar surface area (TPSA) is 73.2 Å². The first-order valence-electron chi connectivity index (χ1n) is 10.3. The minimum absolute atomic E-state index is 0.242. The molecule has 0 saturated carbocycles. The highest BCUT2D eigenvalue weighted by Crippen LogP contribution is 2.30. The van der Waals surface area contributed by atoms with Gasteiger partial charge in [0.05, 0.1) is 18.4 Å². The Morgan fingerprint density at radius 2 is 1.73 bits per heavy atom. The van der Waals surface area contributed by atoms with Crippen LogP contribution < -0.4 is 15.5 Å². The fraction of sp³-hybridized carbons (Fsp3) is 0.115. The number of methoxy groups -OCH3 is 1. The second kappa shape index (κ2) is 9.30.